The van der Waals surface area contributed by atoms with Gasteiger partial charge in [-0.15, -0.1) is 0 Å². The van der Waals surface area contributed by atoms with Crippen LogP contribution in [0.25, 0.3) is 22.1 Å². The number of benzene rings is 1. The quantitative estimate of drug-likeness (QED) is 0.395. The molecule has 1 aromatic carbocycles. The zero-order valence-electron chi connectivity index (χ0n) is 17.5. The van der Waals surface area contributed by atoms with Gasteiger partial charge >= 0.3 is 0 Å². The van der Waals surface area contributed by atoms with E-state index < -0.39 is 20.1 Å². The van der Waals surface area contributed by atoms with E-state index in [1.54, 1.807) is 42.9 Å². The SMILES string of the molecule is Cc1ccc(S(=O)(=O)n2ccc3c4c(cnc32)ncn4C2CC(COS(C)(=O)=O)C2)cc1. The molecule has 0 unspecified atom stereocenters. The van der Waals surface area contributed by atoms with Crippen molar-refractivity contribution in [1.29, 1.82) is 0 Å². The molecule has 1 aliphatic rings. The van der Waals surface area contributed by atoms with Crippen LogP contribution < -0.4 is 0 Å². The van der Waals surface area contributed by atoms with Crippen LogP contribution in [0.5, 0.6) is 0 Å². The lowest BCUT2D eigenvalue weighted by Gasteiger charge is -2.36. The smallest absolute Gasteiger partial charge is 0.269 e. The number of fused-ring (bicyclic) bond motifs is 3. The molecule has 11 heteroatoms. The van der Waals surface area contributed by atoms with Crippen LogP contribution in [0.15, 0.2) is 53.9 Å². The summed E-state index contributed by atoms with van der Waals surface area (Å²) in [5, 5.41) is 0.700. The summed E-state index contributed by atoms with van der Waals surface area (Å²) >= 11 is 0. The van der Waals surface area contributed by atoms with Gasteiger partial charge in [-0.2, -0.15) is 8.42 Å². The van der Waals surface area contributed by atoms with Crippen LogP contribution in [0.3, 0.4) is 0 Å². The normalized spacial score (nSPS) is 19.4. The predicted molar refractivity (Wildman–Crippen MR) is 119 cm³/mol. The second-order valence-electron chi connectivity index (χ2n) is 8.29. The minimum absolute atomic E-state index is 0.135. The third-order valence-electron chi connectivity index (χ3n) is 5.91. The van der Waals surface area contributed by atoms with Crippen LogP contribution in [-0.2, 0) is 24.3 Å². The van der Waals surface area contributed by atoms with Crippen LogP contribution in [-0.4, -0.2) is 48.2 Å². The number of pyridine rings is 1. The Morgan fingerprint density at radius 1 is 1.06 bits per heavy atom. The Kier molecular flexibility index (Phi) is 4.88. The number of aromatic nitrogens is 4. The van der Waals surface area contributed by atoms with E-state index in [2.05, 4.69) is 9.97 Å². The molecule has 0 N–H and O–H groups in total. The number of hydrogen-bond donors (Lipinski definition) is 0. The molecule has 3 heterocycles. The monoisotopic (exact) mass is 474 g/mol. The summed E-state index contributed by atoms with van der Waals surface area (Å²) in [7, 11) is -7.25. The molecule has 0 radical (unpaired) electrons. The molecular formula is C21H22N4O5S2. The Balaban J connectivity index is 1.50. The Morgan fingerprint density at radius 2 is 1.78 bits per heavy atom. The number of nitrogens with zero attached hydrogens (tertiary/aromatic N) is 4. The topological polar surface area (TPSA) is 113 Å². The third-order valence-corrected chi connectivity index (χ3v) is 8.16. The molecule has 0 bridgehead atoms. The van der Waals surface area contributed by atoms with Gasteiger partial charge in [-0.3, -0.25) is 4.18 Å². The predicted octanol–water partition coefficient (Wildman–Crippen LogP) is 2.86. The minimum Gasteiger partial charge on any atom is -0.327 e. The van der Waals surface area contributed by atoms with E-state index in [4.69, 9.17) is 4.18 Å². The molecule has 1 saturated carbocycles. The number of rotatable bonds is 6. The molecule has 0 saturated heterocycles. The molecule has 5 rings (SSSR count). The molecule has 32 heavy (non-hydrogen) atoms. The van der Waals surface area contributed by atoms with Gasteiger partial charge in [-0.25, -0.2) is 22.4 Å². The van der Waals surface area contributed by atoms with Gasteiger partial charge in [0.25, 0.3) is 20.1 Å². The fourth-order valence-electron chi connectivity index (χ4n) is 4.16. The van der Waals surface area contributed by atoms with Gasteiger partial charge in [0.1, 0.15) is 5.52 Å². The van der Waals surface area contributed by atoms with Crippen molar-refractivity contribution in [3.8, 4) is 0 Å². The molecule has 168 valence electrons. The van der Waals surface area contributed by atoms with Crippen molar-refractivity contribution in [2.45, 2.75) is 30.7 Å². The highest BCUT2D eigenvalue weighted by molar-refractivity contribution is 7.90. The first-order valence-corrected chi connectivity index (χ1v) is 13.4. The minimum atomic E-state index is -3.79. The molecule has 3 aromatic heterocycles. The second-order valence-corrected chi connectivity index (χ2v) is 11.7. The molecule has 4 aromatic rings. The van der Waals surface area contributed by atoms with Crippen LogP contribution in [0.4, 0.5) is 0 Å². The number of aryl methyl sites for hydroxylation is 1. The van der Waals surface area contributed by atoms with Crippen LogP contribution in [0, 0.1) is 12.8 Å². The lowest BCUT2D eigenvalue weighted by atomic mass is 9.80. The molecule has 0 spiro atoms. The van der Waals surface area contributed by atoms with Gasteiger partial charge in [0.05, 0.1) is 35.8 Å². The maximum absolute atomic E-state index is 13.2. The lowest BCUT2D eigenvalue weighted by molar-refractivity contribution is 0.131. The molecule has 0 amide bonds. The van der Waals surface area contributed by atoms with Gasteiger partial charge < -0.3 is 4.57 Å². The summed E-state index contributed by atoms with van der Waals surface area (Å²) in [5.41, 5.74) is 2.82. The van der Waals surface area contributed by atoms with Crippen molar-refractivity contribution in [1.82, 2.24) is 18.5 Å². The molecule has 1 fully saturated rings. The summed E-state index contributed by atoms with van der Waals surface area (Å²) in [4.78, 5) is 9.02. The van der Waals surface area contributed by atoms with E-state index >= 15 is 0 Å². The standard InChI is InChI=1S/C21H22N4O5S2/c1-14-3-5-17(6-4-14)32(28,29)25-8-7-18-20-19(11-22-21(18)25)23-13-24(20)16-9-15(10-16)12-30-31(2,26)27/h3-8,11,13,15-16H,9-10,12H2,1-2H3. The first kappa shape index (κ1) is 21.1. The summed E-state index contributed by atoms with van der Waals surface area (Å²) < 4.78 is 57.0. The number of imidazole rings is 1. The van der Waals surface area contributed by atoms with Crippen LogP contribution in [0.1, 0.15) is 24.4 Å². The van der Waals surface area contributed by atoms with Crippen molar-refractivity contribution in [2.75, 3.05) is 12.9 Å². The van der Waals surface area contributed by atoms with Gasteiger partial charge in [0, 0.05) is 17.6 Å². The van der Waals surface area contributed by atoms with Crippen molar-refractivity contribution in [3.63, 3.8) is 0 Å². The van der Waals surface area contributed by atoms with Gasteiger partial charge in [-0.1, -0.05) is 17.7 Å². The van der Waals surface area contributed by atoms with E-state index in [9.17, 15) is 16.8 Å². The van der Waals surface area contributed by atoms with Crippen molar-refractivity contribution in [3.05, 3.63) is 54.6 Å². The highest BCUT2D eigenvalue weighted by Crippen LogP contribution is 2.41. The molecule has 0 aliphatic heterocycles. The highest BCUT2D eigenvalue weighted by Gasteiger charge is 2.33. The fraction of sp³-hybridized carbons (Fsp3) is 0.333. The van der Waals surface area contributed by atoms with Crippen LogP contribution in [0.2, 0.25) is 0 Å². The first-order valence-electron chi connectivity index (χ1n) is 10.1. The molecule has 1 aliphatic carbocycles. The number of hydrogen-bond acceptors (Lipinski definition) is 7. The Morgan fingerprint density at radius 3 is 2.47 bits per heavy atom. The van der Waals surface area contributed by atoms with E-state index in [0.717, 1.165) is 30.2 Å². The average molecular weight is 475 g/mol. The first-order chi connectivity index (χ1) is 15.1. The maximum Gasteiger partial charge on any atom is 0.269 e. The van der Waals surface area contributed by atoms with Crippen molar-refractivity contribution >= 4 is 42.2 Å². The Labute approximate surface area is 185 Å². The van der Waals surface area contributed by atoms with E-state index in [1.165, 1.54) is 10.2 Å². The van der Waals surface area contributed by atoms with Gasteiger partial charge in [0.15, 0.2) is 5.65 Å². The summed E-state index contributed by atoms with van der Waals surface area (Å²) in [6.07, 6.45) is 7.40. The summed E-state index contributed by atoms with van der Waals surface area (Å²) in [6.45, 7) is 2.07. The summed E-state index contributed by atoms with van der Waals surface area (Å²) in [5.74, 6) is 0.149. The molecular weight excluding hydrogens is 452 g/mol. The molecule has 0 atom stereocenters. The molecule has 9 nitrogen and oxygen atoms in total. The van der Waals surface area contributed by atoms with E-state index in [1.807, 2.05) is 11.5 Å². The largest absolute Gasteiger partial charge is 0.327 e. The van der Waals surface area contributed by atoms with Crippen molar-refractivity contribution in [2.24, 2.45) is 5.92 Å². The van der Waals surface area contributed by atoms with E-state index in [-0.39, 0.29) is 23.5 Å². The van der Waals surface area contributed by atoms with Crippen molar-refractivity contribution < 1.29 is 21.0 Å². The zero-order valence-corrected chi connectivity index (χ0v) is 19.2. The maximum atomic E-state index is 13.2. The zero-order chi connectivity index (χ0) is 22.7. The third kappa shape index (κ3) is 3.59. The van der Waals surface area contributed by atoms with Gasteiger partial charge in [0.2, 0.25) is 0 Å². The van der Waals surface area contributed by atoms with E-state index in [0.29, 0.717) is 16.6 Å². The average Bonchev–Trinajstić information content (AvgIpc) is 3.30. The fourth-order valence-corrected chi connectivity index (χ4v) is 5.91. The highest BCUT2D eigenvalue weighted by atomic mass is 32.2. The second kappa shape index (κ2) is 7.39. The summed E-state index contributed by atoms with van der Waals surface area (Å²) in [6, 6.07) is 8.59. The van der Waals surface area contributed by atoms with Gasteiger partial charge in [-0.05, 0) is 43.9 Å². The Bertz CT molecular complexity index is 1530. The Hall–Kier alpha value is -2.76. The van der Waals surface area contributed by atoms with Crippen LogP contribution >= 0.6 is 0 Å². The lowest BCUT2D eigenvalue weighted by Crippen LogP contribution is -2.30.